The van der Waals surface area contributed by atoms with Crippen molar-refractivity contribution in [1.82, 2.24) is 4.90 Å². The number of ether oxygens (including phenoxy) is 6. The molecule has 1 saturated carbocycles. The number of carbonyl (C=O) groups is 5. The topological polar surface area (TPSA) is 184 Å². The first-order valence-corrected chi connectivity index (χ1v) is 24.5. The van der Waals surface area contributed by atoms with E-state index in [1.54, 1.807) is 20.8 Å². The molecule has 69 heavy (non-hydrogen) atoms. The third kappa shape index (κ3) is 13.8. The molecule has 3 heterocycles. The van der Waals surface area contributed by atoms with Crippen LogP contribution in [0.1, 0.15) is 128 Å². The molecule has 1 aromatic rings. The van der Waals surface area contributed by atoms with Gasteiger partial charge in [-0.3, -0.25) is 19.2 Å². The minimum Gasteiger partial charge on any atom is -0.456 e. The monoisotopic (exact) mass is 978 g/mol. The number of aliphatic hydroxyl groups excluding tert-OH is 1. The van der Waals surface area contributed by atoms with E-state index in [1.807, 2.05) is 32.9 Å². The van der Waals surface area contributed by atoms with Crippen LogP contribution in [0.3, 0.4) is 0 Å². The Hall–Kier alpha value is -3.84. The summed E-state index contributed by atoms with van der Waals surface area (Å²) in [5.41, 5.74) is 0.453. The molecule has 14 atom stereocenters. The molecule has 5 rings (SSSR count). The van der Waals surface area contributed by atoms with E-state index < -0.39 is 114 Å². The standard InChI is InChI=1S/C52H74F3NO13/c1-10-35-21-29(2)20-30(3)22-44(65-8)47-45(66-9)24-32(5)51(63,69-47)48(60)49(61)56-19-12-11-16-38(56)50(62)68-46(33(6)39(57)27-40(35)58)31(4)23-34-17-18-42(43(25-34)64-7)67-28-41(59)36-14-13-15-37(26-36)52(53,54)55/h13-15,21,23,26,30,32-35,38-39,42-47,57,63H,10-12,16-20,22,24-25,27-28H2,1-9H3/b29-21+,31-23?. The normalized spacial score (nSPS) is 36.1. The fourth-order valence-corrected chi connectivity index (χ4v) is 10.7. The first-order chi connectivity index (χ1) is 32.6. The zero-order chi connectivity index (χ0) is 51.0. The predicted octanol–water partition coefficient (Wildman–Crippen LogP) is 7.40. The van der Waals surface area contributed by atoms with E-state index in [0.29, 0.717) is 56.9 Å². The lowest BCUT2D eigenvalue weighted by atomic mass is 9.81. The quantitative estimate of drug-likeness (QED) is 0.102. The number of nitrogens with zero attached hydrogens (tertiary/aromatic N) is 1. The summed E-state index contributed by atoms with van der Waals surface area (Å²) in [7, 11) is 4.51. The molecule has 2 bridgehead atoms. The number of alkyl halides is 3. The van der Waals surface area contributed by atoms with E-state index in [-0.39, 0.29) is 49.0 Å². The number of aliphatic hydroxyl groups is 2. The molecule has 14 unspecified atom stereocenters. The number of carbonyl (C=O) groups excluding carboxylic acids is 5. The molecule has 1 aliphatic carbocycles. The molecule has 3 aliphatic heterocycles. The highest BCUT2D eigenvalue weighted by Gasteiger charge is 2.56. The third-order valence-electron chi connectivity index (χ3n) is 14.8. The summed E-state index contributed by atoms with van der Waals surface area (Å²) in [6.07, 6.45) is -2.36. The first kappa shape index (κ1) is 56.1. The van der Waals surface area contributed by atoms with Crippen LogP contribution in [-0.4, -0.2) is 133 Å². The summed E-state index contributed by atoms with van der Waals surface area (Å²) in [6, 6.07) is 2.96. The van der Waals surface area contributed by atoms with Crippen LogP contribution in [0.4, 0.5) is 13.2 Å². The Morgan fingerprint density at radius 1 is 0.928 bits per heavy atom. The summed E-state index contributed by atoms with van der Waals surface area (Å²) in [5.74, 6) is -8.86. The van der Waals surface area contributed by atoms with Gasteiger partial charge in [-0.2, -0.15) is 13.2 Å². The predicted molar refractivity (Wildman–Crippen MR) is 248 cm³/mol. The van der Waals surface area contributed by atoms with Crippen molar-refractivity contribution in [3.05, 3.63) is 58.7 Å². The second-order valence-electron chi connectivity index (χ2n) is 19.9. The van der Waals surface area contributed by atoms with Crippen molar-refractivity contribution in [3.63, 3.8) is 0 Å². The summed E-state index contributed by atoms with van der Waals surface area (Å²) >= 11 is 0. The van der Waals surface area contributed by atoms with Crippen molar-refractivity contribution in [2.24, 2.45) is 29.6 Å². The highest BCUT2D eigenvalue weighted by molar-refractivity contribution is 6.39. The van der Waals surface area contributed by atoms with Crippen LogP contribution in [0, 0.1) is 29.6 Å². The summed E-state index contributed by atoms with van der Waals surface area (Å²) < 4.78 is 76.0. The van der Waals surface area contributed by atoms with Gasteiger partial charge in [-0.15, -0.1) is 0 Å². The Labute approximate surface area is 404 Å². The van der Waals surface area contributed by atoms with E-state index in [9.17, 15) is 47.4 Å². The Bertz CT molecular complexity index is 2020. The molecule has 2 N–H and O–H groups in total. The number of Topliss-reactive ketones (excluding diaryl/α,β-unsaturated/α-hetero) is 3. The molecule has 0 radical (unpaired) electrons. The van der Waals surface area contributed by atoms with Gasteiger partial charge in [-0.25, -0.2) is 4.79 Å². The lowest BCUT2D eigenvalue weighted by Gasteiger charge is -2.47. The number of rotatable bonds is 10. The number of hydrogen-bond acceptors (Lipinski definition) is 13. The van der Waals surface area contributed by atoms with Crippen LogP contribution in [-0.2, 0) is 53.8 Å². The maximum absolute atomic E-state index is 14.5. The van der Waals surface area contributed by atoms with Crippen molar-refractivity contribution in [2.45, 2.75) is 173 Å². The van der Waals surface area contributed by atoms with E-state index in [0.717, 1.165) is 22.6 Å². The number of benzene rings is 1. The molecular formula is C52H74F3NO13. The van der Waals surface area contributed by atoms with Crippen LogP contribution >= 0.6 is 0 Å². The smallest absolute Gasteiger partial charge is 0.416 e. The number of esters is 1. The van der Waals surface area contributed by atoms with Gasteiger partial charge in [0, 0.05) is 57.6 Å². The van der Waals surface area contributed by atoms with Gasteiger partial charge in [0.15, 0.2) is 5.78 Å². The van der Waals surface area contributed by atoms with E-state index in [1.165, 1.54) is 33.5 Å². The van der Waals surface area contributed by atoms with Crippen LogP contribution in [0.15, 0.2) is 47.6 Å². The molecule has 0 aromatic heterocycles. The average molecular weight is 978 g/mol. The van der Waals surface area contributed by atoms with Crippen LogP contribution in [0.2, 0.25) is 0 Å². The second kappa shape index (κ2) is 24.5. The van der Waals surface area contributed by atoms with Crippen molar-refractivity contribution in [2.75, 3.05) is 34.5 Å². The van der Waals surface area contributed by atoms with Gasteiger partial charge in [0.1, 0.15) is 30.6 Å². The Morgan fingerprint density at radius 2 is 1.61 bits per heavy atom. The number of hydrogen-bond donors (Lipinski definition) is 2. The summed E-state index contributed by atoms with van der Waals surface area (Å²) in [6.45, 7) is 10.5. The molecule has 0 spiro atoms. The van der Waals surface area contributed by atoms with Crippen LogP contribution < -0.4 is 0 Å². The molecule has 2 saturated heterocycles. The zero-order valence-corrected chi connectivity index (χ0v) is 41.6. The number of methoxy groups -OCH3 is 3. The average Bonchev–Trinajstić information content (AvgIpc) is 3.32. The summed E-state index contributed by atoms with van der Waals surface area (Å²) in [5, 5.41) is 23.9. The van der Waals surface area contributed by atoms with Gasteiger partial charge >= 0.3 is 12.1 Å². The highest BCUT2D eigenvalue weighted by Crippen LogP contribution is 2.40. The van der Waals surface area contributed by atoms with Crippen molar-refractivity contribution in [1.29, 1.82) is 0 Å². The second-order valence-corrected chi connectivity index (χ2v) is 19.9. The Balaban J connectivity index is 1.44. The minimum absolute atomic E-state index is 0.0128. The maximum Gasteiger partial charge on any atom is 0.416 e. The number of cyclic esters (lactones) is 1. The van der Waals surface area contributed by atoms with Crippen LogP contribution in [0.25, 0.3) is 0 Å². The fourth-order valence-electron chi connectivity index (χ4n) is 10.7. The third-order valence-corrected chi connectivity index (χ3v) is 14.8. The number of allylic oxidation sites excluding steroid dienone is 3. The molecule has 1 aromatic carbocycles. The van der Waals surface area contributed by atoms with Gasteiger partial charge in [0.2, 0.25) is 5.79 Å². The number of ketones is 3. The summed E-state index contributed by atoms with van der Waals surface area (Å²) in [4.78, 5) is 71.2. The van der Waals surface area contributed by atoms with E-state index >= 15 is 0 Å². The van der Waals surface area contributed by atoms with Gasteiger partial charge in [-0.1, -0.05) is 57.6 Å². The molecule has 386 valence electrons. The largest absolute Gasteiger partial charge is 0.456 e. The van der Waals surface area contributed by atoms with Gasteiger partial charge in [0.25, 0.3) is 11.7 Å². The first-order valence-electron chi connectivity index (χ1n) is 24.5. The Morgan fingerprint density at radius 3 is 2.26 bits per heavy atom. The molecule has 1 amide bonds. The highest BCUT2D eigenvalue weighted by atomic mass is 19.4. The molecule has 4 aliphatic rings. The van der Waals surface area contributed by atoms with Gasteiger partial charge < -0.3 is 43.5 Å². The maximum atomic E-state index is 14.5. The SMILES string of the molecule is CCC1/C=C(\C)CC(C)CC(OC)C2OC(O)(C(=O)C(=O)N3CCCCC3C(=O)OC(C(C)=CC3CCC(OCC(=O)c4cccc(C(F)(F)F)c4)C(OC)C3)C(C)C(O)CC1=O)C(C)CC2OC. The van der Waals surface area contributed by atoms with Crippen molar-refractivity contribution in [3.8, 4) is 0 Å². The number of fused-ring (bicyclic) bond motifs is 3. The van der Waals surface area contributed by atoms with Gasteiger partial charge in [0.05, 0.1) is 36.1 Å². The molecular weight excluding hydrogens is 904 g/mol. The van der Waals surface area contributed by atoms with Crippen molar-refractivity contribution < 1.29 is 75.8 Å². The number of halogens is 3. The fraction of sp³-hybridized carbons (Fsp3) is 0.712. The lowest BCUT2D eigenvalue weighted by molar-refractivity contribution is -0.302. The number of piperidine rings is 1. The lowest BCUT2D eigenvalue weighted by Crippen LogP contribution is -2.64. The zero-order valence-electron chi connectivity index (χ0n) is 41.6. The molecule has 14 nitrogen and oxygen atoms in total. The van der Waals surface area contributed by atoms with E-state index in [2.05, 4.69) is 0 Å². The molecule has 3 fully saturated rings. The number of amides is 1. The van der Waals surface area contributed by atoms with Gasteiger partial charge in [-0.05, 0) is 108 Å². The van der Waals surface area contributed by atoms with E-state index in [4.69, 9.17) is 28.4 Å². The Kier molecular flexibility index (Phi) is 19.9. The minimum atomic E-state index is -4.61. The van der Waals surface area contributed by atoms with Crippen LogP contribution in [0.5, 0.6) is 0 Å². The van der Waals surface area contributed by atoms with Crippen molar-refractivity contribution >= 4 is 29.2 Å². The molecule has 17 heteroatoms.